The second-order valence-electron chi connectivity index (χ2n) is 5.22. The lowest BCUT2D eigenvalue weighted by Gasteiger charge is -2.33. The number of nitrogens with zero attached hydrogens (tertiary/aromatic N) is 2. The van der Waals surface area contributed by atoms with Crippen LogP contribution in [0.1, 0.15) is 6.42 Å². The summed E-state index contributed by atoms with van der Waals surface area (Å²) in [6, 6.07) is 3.78. The predicted octanol–water partition coefficient (Wildman–Crippen LogP) is 1.35. The van der Waals surface area contributed by atoms with Crippen molar-refractivity contribution in [2.75, 3.05) is 39.0 Å². The largest absolute Gasteiger partial charge is 0.491 e. The summed E-state index contributed by atoms with van der Waals surface area (Å²) >= 11 is 5.83. The van der Waals surface area contributed by atoms with Gasteiger partial charge in [-0.2, -0.15) is 4.31 Å². The third-order valence-corrected chi connectivity index (χ3v) is 5.13. The van der Waals surface area contributed by atoms with Gasteiger partial charge >= 0.3 is 0 Å². The summed E-state index contributed by atoms with van der Waals surface area (Å²) < 4.78 is 42.5. The average molecular weight is 365 g/mol. The first-order valence-electron chi connectivity index (χ1n) is 7.08. The van der Waals surface area contributed by atoms with Gasteiger partial charge in [-0.3, -0.25) is 4.79 Å². The monoisotopic (exact) mass is 364 g/mol. The summed E-state index contributed by atoms with van der Waals surface area (Å²) in [5.74, 6) is -0.249. The first kappa shape index (κ1) is 18.0. The van der Waals surface area contributed by atoms with Gasteiger partial charge < -0.3 is 9.64 Å². The van der Waals surface area contributed by atoms with Crippen LogP contribution in [0.4, 0.5) is 4.39 Å². The second-order valence-corrected chi connectivity index (χ2v) is 7.61. The van der Waals surface area contributed by atoms with Gasteiger partial charge in [0, 0.05) is 26.2 Å². The number of benzene rings is 1. The van der Waals surface area contributed by atoms with Gasteiger partial charge in [0.2, 0.25) is 15.9 Å². The van der Waals surface area contributed by atoms with Crippen molar-refractivity contribution in [1.82, 2.24) is 9.21 Å². The Balaban J connectivity index is 1.78. The average Bonchev–Trinajstić information content (AvgIpc) is 2.48. The van der Waals surface area contributed by atoms with Crippen molar-refractivity contribution < 1.29 is 22.3 Å². The van der Waals surface area contributed by atoms with Crippen molar-refractivity contribution in [1.29, 1.82) is 0 Å². The highest BCUT2D eigenvalue weighted by Gasteiger charge is 2.25. The van der Waals surface area contributed by atoms with Gasteiger partial charge in [0.25, 0.3) is 0 Å². The highest BCUT2D eigenvalue weighted by Crippen LogP contribution is 2.24. The van der Waals surface area contributed by atoms with Crippen molar-refractivity contribution in [2.45, 2.75) is 6.42 Å². The number of halogens is 2. The predicted molar refractivity (Wildman–Crippen MR) is 84.5 cm³/mol. The van der Waals surface area contributed by atoms with E-state index >= 15 is 0 Å². The highest BCUT2D eigenvalue weighted by molar-refractivity contribution is 7.88. The van der Waals surface area contributed by atoms with E-state index in [1.807, 2.05) is 0 Å². The Bertz CT molecular complexity index is 675. The molecular formula is C14H18ClFN2O4S. The molecule has 0 bridgehead atoms. The van der Waals surface area contributed by atoms with Crippen molar-refractivity contribution >= 4 is 27.5 Å². The van der Waals surface area contributed by atoms with Crippen LogP contribution in [0.25, 0.3) is 0 Å². The summed E-state index contributed by atoms with van der Waals surface area (Å²) in [6.07, 6.45) is 1.30. The van der Waals surface area contributed by atoms with E-state index in [1.54, 1.807) is 4.90 Å². The number of carbonyl (C=O) groups is 1. The fraction of sp³-hybridized carbons (Fsp3) is 0.500. The van der Waals surface area contributed by atoms with Crippen LogP contribution in [-0.4, -0.2) is 62.6 Å². The molecule has 1 fully saturated rings. The summed E-state index contributed by atoms with van der Waals surface area (Å²) in [7, 11) is -3.21. The van der Waals surface area contributed by atoms with E-state index in [2.05, 4.69) is 0 Å². The molecule has 1 aliphatic rings. The first-order chi connectivity index (χ1) is 10.8. The molecule has 2 rings (SSSR count). The van der Waals surface area contributed by atoms with E-state index in [0.29, 0.717) is 31.9 Å². The van der Waals surface area contributed by atoms with Crippen LogP contribution in [0.3, 0.4) is 0 Å². The maximum atomic E-state index is 12.9. The zero-order chi connectivity index (χ0) is 17.0. The van der Waals surface area contributed by atoms with Gasteiger partial charge in [0.15, 0.2) is 0 Å². The number of sulfonamides is 1. The fourth-order valence-corrected chi connectivity index (χ4v) is 3.32. The van der Waals surface area contributed by atoms with E-state index in [4.69, 9.17) is 16.3 Å². The molecule has 1 aromatic rings. The number of piperazine rings is 1. The van der Waals surface area contributed by atoms with Gasteiger partial charge in [-0.1, -0.05) is 11.6 Å². The molecule has 0 atom stereocenters. The number of rotatable bonds is 5. The Morgan fingerprint density at radius 1 is 1.30 bits per heavy atom. The van der Waals surface area contributed by atoms with Crippen LogP contribution in [0.15, 0.2) is 18.2 Å². The standard InChI is InChI=1S/C14H18ClFN2O4S/c1-23(20,21)18-7-5-17(6-8-18)14(19)4-9-22-13-3-2-11(16)10-12(13)15/h2-3,10H,4-9H2,1H3. The Morgan fingerprint density at radius 3 is 2.52 bits per heavy atom. The van der Waals surface area contributed by atoms with Crippen molar-refractivity contribution in [2.24, 2.45) is 0 Å². The minimum absolute atomic E-state index is 0.114. The summed E-state index contributed by atoms with van der Waals surface area (Å²) in [5.41, 5.74) is 0. The molecule has 1 heterocycles. The molecule has 1 aliphatic heterocycles. The SMILES string of the molecule is CS(=O)(=O)N1CCN(C(=O)CCOc2ccc(F)cc2Cl)CC1. The fourth-order valence-electron chi connectivity index (χ4n) is 2.27. The van der Waals surface area contributed by atoms with E-state index in [1.165, 1.54) is 16.4 Å². The van der Waals surface area contributed by atoms with E-state index < -0.39 is 15.8 Å². The summed E-state index contributed by atoms with van der Waals surface area (Å²) in [4.78, 5) is 13.7. The number of hydrogen-bond acceptors (Lipinski definition) is 4. The van der Waals surface area contributed by atoms with Crippen molar-refractivity contribution in [3.63, 3.8) is 0 Å². The van der Waals surface area contributed by atoms with Gasteiger partial charge in [0.1, 0.15) is 11.6 Å². The van der Waals surface area contributed by atoms with Crippen LogP contribution < -0.4 is 4.74 Å². The van der Waals surface area contributed by atoms with Crippen LogP contribution in [0.2, 0.25) is 5.02 Å². The maximum absolute atomic E-state index is 12.9. The molecule has 0 N–H and O–H groups in total. The molecule has 0 spiro atoms. The van der Waals surface area contributed by atoms with Crippen LogP contribution in [0.5, 0.6) is 5.75 Å². The molecule has 0 aliphatic carbocycles. The topological polar surface area (TPSA) is 66.9 Å². The Kier molecular flexibility index (Phi) is 5.83. The lowest BCUT2D eigenvalue weighted by Crippen LogP contribution is -2.50. The zero-order valence-corrected chi connectivity index (χ0v) is 14.2. The Hall–Kier alpha value is -1.38. The zero-order valence-electron chi connectivity index (χ0n) is 12.7. The minimum Gasteiger partial charge on any atom is -0.491 e. The second kappa shape index (κ2) is 7.46. The quantitative estimate of drug-likeness (QED) is 0.791. The number of carbonyl (C=O) groups excluding carboxylic acids is 1. The number of ether oxygens (including phenoxy) is 1. The summed E-state index contributed by atoms with van der Waals surface area (Å²) in [6.45, 7) is 1.45. The third-order valence-electron chi connectivity index (χ3n) is 3.53. The molecular weight excluding hydrogens is 347 g/mol. The van der Waals surface area contributed by atoms with Gasteiger partial charge in [-0.05, 0) is 18.2 Å². The van der Waals surface area contributed by atoms with E-state index in [9.17, 15) is 17.6 Å². The molecule has 1 amide bonds. The molecule has 128 valence electrons. The molecule has 0 saturated carbocycles. The maximum Gasteiger partial charge on any atom is 0.226 e. The summed E-state index contributed by atoms with van der Waals surface area (Å²) in [5, 5.41) is 0.152. The molecule has 1 saturated heterocycles. The van der Waals surface area contributed by atoms with Gasteiger partial charge in [-0.15, -0.1) is 0 Å². The molecule has 0 aromatic heterocycles. The normalized spacial score (nSPS) is 16.4. The molecule has 9 heteroatoms. The molecule has 1 aromatic carbocycles. The molecule has 0 unspecified atom stereocenters. The highest BCUT2D eigenvalue weighted by atomic mass is 35.5. The van der Waals surface area contributed by atoms with E-state index in [0.717, 1.165) is 12.3 Å². The van der Waals surface area contributed by atoms with Crippen LogP contribution in [0, 0.1) is 5.82 Å². The lowest BCUT2D eigenvalue weighted by molar-refractivity contribution is -0.132. The van der Waals surface area contributed by atoms with Gasteiger partial charge in [0.05, 0.1) is 24.3 Å². The molecule has 0 radical (unpaired) electrons. The van der Waals surface area contributed by atoms with Gasteiger partial charge in [-0.25, -0.2) is 12.8 Å². The Morgan fingerprint density at radius 2 is 1.96 bits per heavy atom. The number of hydrogen-bond donors (Lipinski definition) is 0. The smallest absolute Gasteiger partial charge is 0.226 e. The lowest BCUT2D eigenvalue weighted by atomic mass is 10.3. The number of amides is 1. The van der Waals surface area contributed by atoms with Crippen LogP contribution >= 0.6 is 11.6 Å². The van der Waals surface area contributed by atoms with Crippen molar-refractivity contribution in [3.05, 3.63) is 29.0 Å². The Labute approximate surface area is 139 Å². The third kappa shape index (κ3) is 5.05. The molecule has 6 nitrogen and oxygen atoms in total. The minimum atomic E-state index is -3.21. The van der Waals surface area contributed by atoms with E-state index in [-0.39, 0.29) is 24.0 Å². The first-order valence-corrected chi connectivity index (χ1v) is 9.31. The van der Waals surface area contributed by atoms with Crippen molar-refractivity contribution in [3.8, 4) is 5.75 Å². The molecule has 23 heavy (non-hydrogen) atoms. The van der Waals surface area contributed by atoms with Crippen LogP contribution in [-0.2, 0) is 14.8 Å².